The van der Waals surface area contributed by atoms with Gasteiger partial charge in [0.15, 0.2) is 5.96 Å². The molecule has 1 heterocycles. The van der Waals surface area contributed by atoms with Gasteiger partial charge in [0.25, 0.3) is 0 Å². The van der Waals surface area contributed by atoms with E-state index >= 15 is 0 Å². The highest BCUT2D eigenvalue weighted by molar-refractivity contribution is 14.0. The number of rotatable bonds is 7. The zero-order chi connectivity index (χ0) is 16.5. The fourth-order valence-corrected chi connectivity index (χ4v) is 2.35. The molecule has 0 amide bonds. The molecule has 0 aliphatic carbocycles. The second-order valence-corrected chi connectivity index (χ2v) is 5.24. The molecule has 1 aromatic carbocycles. The van der Waals surface area contributed by atoms with E-state index in [0.717, 1.165) is 31.6 Å². The van der Waals surface area contributed by atoms with Crippen molar-refractivity contribution in [3.05, 3.63) is 29.8 Å². The maximum atomic E-state index is 12.2. The zero-order valence-corrected chi connectivity index (χ0v) is 16.0. The Kier molecular flexibility index (Phi) is 9.92. The minimum absolute atomic E-state index is 0. The molecule has 1 aliphatic rings. The first-order valence-electron chi connectivity index (χ1n) is 7.85. The van der Waals surface area contributed by atoms with Crippen molar-refractivity contribution in [1.82, 2.24) is 10.6 Å². The Hall–Kier alpha value is -1.16. The largest absolute Gasteiger partial charge is 0.435 e. The lowest BCUT2D eigenvalue weighted by molar-refractivity contribution is -0.0498. The van der Waals surface area contributed by atoms with E-state index in [2.05, 4.69) is 20.4 Å². The summed E-state index contributed by atoms with van der Waals surface area (Å²) in [6.07, 6.45) is 2.37. The molecular formula is C16H24F2IN3O2. The van der Waals surface area contributed by atoms with Gasteiger partial charge in [0, 0.05) is 19.7 Å². The summed E-state index contributed by atoms with van der Waals surface area (Å²) in [5.74, 6) is 0.827. The molecule has 1 fully saturated rings. The number of halogens is 3. The van der Waals surface area contributed by atoms with Crippen LogP contribution in [0.4, 0.5) is 8.78 Å². The molecule has 1 unspecified atom stereocenters. The molecule has 24 heavy (non-hydrogen) atoms. The third-order valence-electron chi connectivity index (χ3n) is 3.41. The highest BCUT2D eigenvalue weighted by Crippen LogP contribution is 2.16. The van der Waals surface area contributed by atoms with Crippen molar-refractivity contribution >= 4 is 29.9 Å². The van der Waals surface area contributed by atoms with Gasteiger partial charge in [0.2, 0.25) is 0 Å². The summed E-state index contributed by atoms with van der Waals surface area (Å²) in [5, 5.41) is 6.40. The fraction of sp³-hybridized carbons (Fsp3) is 0.562. The summed E-state index contributed by atoms with van der Waals surface area (Å²) in [4.78, 5) is 4.46. The van der Waals surface area contributed by atoms with Crippen molar-refractivity contribution in [1.29, 1.82) is 0 Å². The highest BCUT2D eigenvalue weighted by Gasteiger charge is 2.15. The summed E-state index contributed by atoms with van der Waals surface area (Å²) in [7, 11) is 0. The van der Waals surface area contributed by atoms with Gasteiger partial charge in [-0.25, -0.2) is 4.99 Å². The first-order chi connectivity index (χ1) is 11.2. The molecule has 1 aliphatic heterocycles. The molecule has 2 rings (SSSR count). The lowest BCUT2D eigenvalue weighted by Crippen LogP contribution is -2.41. The number of aliphatic imine (C=N–C) groups is 1. The first-order valence-corrected chi connectivity index (χ1v) is 7.85. The van der Waals surface area contributed by atoms with Gasteiger partial charge < -0.3 is 20.1 Å². The van der Waals surface area contributed by atoms with E-state index in [1.807, 2.05) is 13.0 Å². The Morgan fingerprint density at radius 1 is 1.42 bits per heavy atom. The molecule has 0 radical (unpaired) electrons. The average molecular weight is 455 g/mol. The van der Waals surface area contributed by atoms with Crippen LogP contribution in [0.1, 0.15) is 25.3 Å². The molecule has 1 atom stereocenters. The molecule has 1 aromatic rings. The van der Waals surface area contributed by atoms with Crippen LogP contribution in [0, 0.1) is 0 Å². The number of hydrogen-bond acceptors (Lipinski definition) is 3. The van der Waals surface area contributed by atoms with Crippen molar-refractivity contribution in [3.8, 4) is 5.75 Å². The van der Waals surface area contributed by atoms with Gasteiger partial charge in [0.1, 0.15) is 5.75 Å². The molecule has 2 N–H and O–H groups in total. The van der Waals surface area contributed by atoms with Crippen LogP contribution in [0.25, 0.3) is 0 Å². The van der Waals surface area contributed by atoms with Crippen molar-refractivity contribution in [2.24, 2.45) is 4.99 Å². The second kappa shape index (κ2) is 11.4. The van der Waals surface area contributed by atoms with Crippen LogP contribution in [0.2, 0.25) is 0 Å². The monoisotopic (exact) mass is 455 g/mol. The van der Waals surface area contributed by atoms with Gasteiger partial charge >= 0.3 is 6.61 Å². The third-order valence-corrected chi connectivity index (χ3v) is 3.41. The number of ether oxygens (including phenoxy) is 2. The number of nitrogens with one attached hydrogen (secondary N) is 2. The second-order valence-electron chi connectivity index (χ2n) is 5.24. The minimum atomic E-state index is -2.82. The van der Waals surface area contributed by atoms with Crippen molar-refractivity contribution in [3.63, 3.8) is 0 Å². The van der Waals surface area contributed by atoms with E-state index < -0.39 is 6.61 Å². The SMILES string of the molecule is CCNC(=NCc1cccc(OC(F)F)c1)NCC1CCCO1.I. The molecule has 0 spiro atoms. The first kappa shape index (κ1) is 20.9. The maximum absolute atomic E-state index is 12.2. The molecule has 0 aromatic heterocycles. The number of nitrogens with zero attached hydrogens (tertiary/aromatic N) is 1. The summed E-state index contributed by atoms with van der Waals surface area (Å²) in [6.45, 7) is 1.81. The lowest BCUT2D eigenvalue weighted by Gasteiger charge is -2.14. The molecular weight excluding hydrogens is 431 g/mol. The molecule has 8 heteroatoms. The molecule has 5 nitrogen and oxygen atoms in total. The van der Waals surface area contributed by atoms with Crippen LogP contribution in [0.3, 0.4) is 0 Å². The van der Waals surface area contributed by atoms with E-state index in [1.54, 1.807) is 12.1 Å². The van der Waals surface area contributed by atoms with E-state index in [4.69, 9.17) is 4.74 Å². The van der Waals surface area contributed by atoms with Crippen LogP contribution in [-0.4, -0.2) is 38.4 Å². The zero-order valence-electron chi connectivity index (χ0n) is 13.6. The van der Waals surface area contributed by atoms with Crippen LogP contribution < -0.4 is 15.4 Å². The third kappa shape index (κ3) is 7.61. The Bertz CT molecular complexity index is 512. The molecule has 1 saturated heterocycles. The number of guanidine groups is 1. The summed E-state index contributed by atoms with van der Waals surface area (Å²) in [5.41, 5.74) is 0.803. The molecule has 136 valence electrons. The average Bonchev–Trinajstić information content (AvgIpc) is 3.03. The maximum Gasteiger partial charge on any atom is 0.387 e. The van der Waals surface area contributed by atoms with Gasteiger partial charge in [-0.2, -0.15) is 8.78 Å². The Labute approximate surface area is 158 Å². The Morgan fingerprint density at radius 2 is 2.25 bits per heavy atom. The summed E-state index contributed by atoms with van der Waals surface area (Å²) in [6, 6.07) is 6.57. The number of benzene rings is 1. The normalized spacial score (nSPS) is 17.5. The van der Waals surface area contributed by atoms with Gasteiger partial charge in [-0.3, -0.25) is 0 Å². The predicted molar refractivity (Wildman–Crippen MR) is 100 cm³/mol. The standard InChI is InChI=1S/C16H23F2N3O2.HI/c1-2-19-16(21-11-14-7-4-8-22-14)20-10-12-5-3-6-13(9-12)23-15(17)18;/h3,5-6,9,14-15H,2,4,7-8,10-11H2,1H3,(H2,19,20,21);1H. The van der Waals surface area contributed by atoms with Gasteiger partial charge in [0.05, 0.1) is 12.6 Å². The van der Waals surface area contributed by atoms with Crippen LogP contribution >= 0.6 is 24.0 Å². The van der Waals surface area contributed by atoms with Crippen molar-refractivity contribution < 1.29 is 18.3 Å². The number of alkyl halides is 2. The molecule has 0 bridgehead atoms. The van der Waals surface area contributed by atoms with Crippen LogP contribution in [0.5, 0.6) is 5.75 Å². The topological polar surface area (TPSA) is 54.9 Å². The van der Waals surface area contributed by atoms with Crippen molar-refractivity contribution in [2.75, 3.05) is 19.7 Å². The predicted octanol–water partition coefficient (Wildman–Crippen LogP) is 3.14. The van der Waals surface area contributed by atoms with Crippen LogP contribution in [-0.2, 0) is 11.3 Å². The molecule has 0 saturated carbocycles. The minimum Gasteiger partial charge on any atom is -0.435 e. The van der Waals surface area contributed by atoms with Gasteiger partial charge in [-0.15, -0.1) is 24.0 Å². The van der Waals surface area contributed by atoms with Gasteiger partial charge in [-0.05, 0) is 37.5 Å². The fourth-order valence-electron chi connectivity index (χ4n) is 2.35. The van der Waals surface area contributed by atoms with E-state index in [0.29, 0.717) is 19.0 Å². The Morgan fingerprint density at radius 3 is 2.92 bits per heavy atom. The Balaban J connectivity index is 0.00000288. The summed E-state index contributed by atoms with van der Waals surface area (Å²) >= 11 is 0. The van der Waals surface area contributed by atoms with E-state index in [-0.39, 0.29) is 35.8 Å². The van der Waals surface area contributed by atoms with E-state index in [1.165, 1.54) is 6.07 Å². The van der Waals surface area contributed by atoms with Gasteiger partial charge in [-0.1, -0.05) is 12.1 Å². The number of hydrogen-bond donors (Lipinski definition) is 2. The smallest absolute Gasteiger partial charge is 0.387 e. The van der Waals surface area contributed by atoms with E-state index in [9.17, 15) is 8.78 Å². The summed E-state index contributed by atoms with van der Waals surface area (Å²) < 4.78 is 34.4. The van der Waals surface area contributed by atoms with Crippen LogP contribution in [0.15, 0.2) is 29.3 Å². The van der Waals surface area contributed by atoms with Crippen molar-refractivity contribution in [2.45, 2.75) is 39.0 Å². The quantitative estimate of drug-likeness (QED) is 0.377. The lowest BCUT2D eigenvalue weighted by atomic mass is 10.2. The highest BCUT2D eigenvalue weighted by atomic mass is 127.